The molecule has 26 heavy (non-hydrogen) atoms. The fourth-order valence-corrected chi connectivity index (χ4v) is 3.48. The first-order valence-corrected chi connectivity index (χ1v) is 8.86. The van der Waals surface area contributed by atoms with E-state index in [1.165, 1.54) is 16.3 Å². The van der Waals surface area contributed by atoms with Crippen LogP contribution in [0, 0.1) is 0 Å². The third-order valence-corrected chi connectivity index (χ3v) is 4.83. The summed E-state index contributed by atoms with van der Waals surface area (Å²) >= 11 is 0. The van der Waals surface area contributed by atoms with Crippen molar-refractivity contribution in [1.29, 1.82) is 0 Å². The van der Waals surface area contributed by atoms with E-state index in [0.29, 0.717) is 11.2 Å². The van der Waals surface area contributed by atoms with E-state index >= 15 is 0 Å². The van der Waals surface area contributed by atoms with Crippen molar-refractivity contribution in [2.24, 2.45) is 0 Å². The number of aromatic amines is 1. The van der Waals surface area contributed by atoms with E-state index in [4.69, 9.17) is 0 Å². The minimum absolute atomic E-state index is 0.0822. The lowest BCUT2D eigenvalue weighted by Crippen LogP contribution is -2.26. The number of nitrogens with zero attached hydrogens (tertiary/aromatic N) is 1. The Balaban J connectivity index is 1.65. The molecule has 0 radical (unpaired) electrons. The van der Waals surface area contributed by atoms with Crippen molar-refractivity contribution < 1.29 is 0 Å². The molecule has 130 valence electrons. The standard InChI is InChI=1S/C22H21N3O/c1-14(17-12-7-9-16-8-3-4-10-18(16)17)23-15(2)21-24-20-13-6-5-11-19(20)22(26)25-21/h3-15,23H,1-2H3,(H,24,25,26)/t14-,15-/m1/s1. The molecule has 0 spiro atoms. The maximum atomic E-state index is 12.3. The molecule has 2 N–H and O–H groups in total. The van der Waals surface area contributed by atoms with Crippen LogP contribution in [0.4, 0.5) is 0 Å². The molecular weight excluding hydrogens is 322 g/mol. The summed E-state index contributed by atoms with van der Waals surface area (Å²) in [5.74, 6) is 0.654. The Labute approximate surface area is 151 Å². The SMILES string of the molecule is C[C@@H](N[C@H](C)c1cccc2ccccc12)c1nc2ccccc2c(=O)[nH]1. The van der Waals surface area contributed by atoms with Gasteiger partial charge in [-0.1, -0.05) is 54.6 Å². The van der Waals surface area contributed by atoms with Gasteiger partial charge in [0.15, 0.2) is 0 Å². The van der Waals surface area contributed by atoms with E-state index in [9.17, 15) is 4.79 Å². The molecule has 0 saturated heterocycles. The number of aromatic nitrogens is 2. The number of nitrogens with one attached hydrogen (secondary N) is 2. The van der Waals surface area contributed by atoms with E-state index in [0.717, 1.165) is 5.52 Å². The molecule has 4 aromatic rings. The first kappa shape index (κ1) is 16.5. The predicted molar refractivity (Wildman–Crippen MR) is 106 cm³/mol. The first-order chi connectivity index (χ1) is 12.6. The largest absolute Gasteiger partial charge is 0.309 e. The van der Waals surface area contributed by atoms with Gasteiger partial charge in [0.05, 0.1) is 16.9 Å². The molecule has 4 nitrogen and oxygen atoms in total. The summed E-state index contributed by atoms with van der Waals surface area (Å²) in [7, 11) is 0. The van der Waals surface area contributed by atoms with Crippen LogP contribution >= 0.6 is 0 Å². The van der Waals surface area contributed by atoms with Crippen LogP contribution in [0.25, 0.3) is 21.7 Å². The zero-order valence-corrected chi connectivity index (χ0v) is 14.9. The molecule has 0 aliphatic rings. The molecule has 0 aliphatic heterocycles. The summed E-state index contributed by atoms with van der Waals surface area (Å²) in [5.41, 5.74) is 1.85. The summed E-state index contributed by atoms with van der Waals surface area (Å²) in [6.07, 6.45) is 0. The third-order valence-electron chi connectivity index (χ3n) is 4.83. The van der Waals surface area contributed by atoms with Gasteiger partial charge in [0.25, 0.3) is 5.56 Å². The van der Waals surface area contributed by atoms with Gasteiger partial charge >= 0.3 is 0 Å². The van der Waals surface area contributed by atoms with Crippen LogP contribution < -0.4 is 10.9 Å². The van der Waals surface area contributed by atoms with E-state index in [2.05, 4.69) is 64.7 Å². The fraction of sp³-hybridized carbons (Fsp3) is 0.182. The van der Waals surface area contributed by atoms with E-state index in [1.807, 2.05) is 25.1 Å². The van der Waals surface area contributed by atoms with Crippen LogP contribution in [0.5, 0.6) is 0 Å². The number of hydrogen-bond donors (Lipinski definition) is 2. The predicted octanol–water partition coefficient (Wildman–Crippen LogP) is 4.49. The van der Waals surface area contributed by atoms with Gasteiger partial charge in [-0.15, -0.1) is 0 Å². The summed E-state index contributed by atoms with van der Waals surface area (Å²) in [6.45, 7) is 4.16. The molecule has 4 rings (SSSR count). The molecule has 0 amide bonds. The van der Waals surface area contributed by atoms with Crippen molar-refractivity contribution in [3.8, 4) is 0 Å². The van der Waals surface area contributed by atoms with Crippen molar-refractivity contribution in [3.05, 3.63) is 88.5 Å². The van der Waals surface area contributed by atoms with Crippen molar-refractivity contribution in [2.45, 2.75) is 25.9 Å². The average molecular weight is 343 g/mol. The number of hydrogen-bond acceptors (Lipinski definition) is 3. The second kappa shape index (κ2) is 6.73. The van der Waals surface area contributed by atoms with Gasteiger partial charge in [0.1, 0.15) is 5.82 Å². The van der Waals surface area contributed by atoms with Crippen molar-refractivity contribution in [1.82, 2.24) is 15.3 Å². The topological polar surface area (TPSA) is 57.8 Å². The minimum atomic E-state index is -0.0999. The van der Waals surface area contributed by atoms with Gasteiger partial charge in [0, 0.05) is 6.04 Å². The molecule has 3 aromatic carbocycles. The highest BCUT2D eigenvalue weighted by Crippen LogP contribution is 2.25. The molecule has 0 saturated carbocycles. The Kier molecular flexibility index (Phi) is 4.27. The maximum Gasteiger partial charge on any atom is 0.258 e. The number of para-hydroxylation sites is 1. The van der Waals surface area contributed by atoms with Gasteiger partial charge in [-0.25, -0.2) is 4.98 Å². The van der Waals surface area contributed by atoms with Crippen LogP contribution in [0.3, 0.4) is 0 Å². The average Bonchev–Trinajstić information content (AvgIpc) is 2.67. The van der Waals surface area contributed by atoms with E-state index in [1.54, 1.807) is 6.07 Å². The van der Waals surface area contributed by atoms with Gasteiger partial charge in [-0.3, -0.25) is 4.79 Å². The summed E-state index contributed by atoms with van der Waals surface area (Å²) in [4.78, 5) is 19.9. The quantitative estimate of drug-likeness (QED) is 0.574. The van der Waals surface area contributed by atoms with E-state index in [-0.39, 0.29) is 17.6 Å². The lowest BCUT2D eigenvalue weighted by atomic mass is 9.99. The highest BCUT2D eigenvalue weighted by Gasteiger charge is 2.16. The second-order valence-electron chi connectivity index (χ2n) is 6.65. The Morgan fingerprint density at radius 3 is 2.38 bits per heavy atom. The van der Waals surface area contributed by atoms with Crippen LogP contribution in [0.2, 0.25) is 0 Å². The lowest BCUT2D eigenvalue weighted by molar-refractivity contribution is 0.479. The number of benzene rings is 3. The molecule has 1 aromatic heterocycles. The van der Waals surface area contributed by atoms with Gasteiger partial charge < -0.3 is 10.3 Å². The molecule has 0 aliphatic carbocycles. The lowest BCUT2D eigenvalue weighted by Gasteiger charge is -2.21. The monoisotopic (exact) mass is 343 g/mol. The third kappa shape index (κ3) is 3.00. The molecule has 0 unspecified atom stereocenters. The van der Waals surface area contributed by atoms with Crippen molar-refractivity contribution >= 4 is 21.7 Å². The Morgan fingerprint density at radius 2 is 1.54 bits per heavy atom. The number of fused-ring (bicyclic) bond motifs is 2. The number of rotatable bonds is 4. The zero-order valence-electron chi connectivity index (χ0n) is 14.9. The van der Waals surface area contributed by atoms with Crippen LogP contribution in [0.15, 0.2) is 71.5 Å². The Bertz CT molecular complexity index is 1130. The van der Waals surface area contributed by atoms with Crippen LogP contribution in [-0.4, -0.2) is 9.97 Å². The highest BCUT2D eigenvalue weighted by atomic mass is 16.1. The molecule has 2 atom stereocenters. The second-order valence-corrected chi connectivity index (χ2v) is 6.65. The molecule has 0 fully saturated rings. The van der Waals surface area contributed by atoms with Gasteiger partial charge in [0.2, 0.25) is 0 Å². The maximum absolute atomic E-state index is 12.3. The molecule has 0 bridgehead atoms. The molecule has 1 heterocycles. The Hall–Kier alpha value is -2.98. The van der Waals surface area contributed by atoms with Crippen LogP contribution in [-0.2, 0) is 0 Å². The minimum Gasteiger partial charge on any atom is -0.309 e. The van der Waals surface area contributed by atoms with Gasteiger partial charge in [-0.05, 0) is 42.3 Å². The first-order valence-electron chi connectivity index (χ1n) is 8.86. The number of H-pyrrole nitrogens is 1. The smallest absolute Gasteiger partial charge is 0.258 e. The summed E-state index contributed by atoms with van der Waals surface area (Å²) in [6, 6.07) is 22.2. The van der Waals surface area contributed by atoms with Crippen LogP contribution in [0.1, 0.15) is 37.3 Å². The van der Waals surface area contributed by atoms with E-state index < -0.39 is 0 Å². The molecular formula is C22H21N3O. The molecule has 4 heteroatoms. The fourth-order valence-electron chi connectivity index (χ4n) is 3.48. The van der Waals surface area contributed by atoms with Crippen molar-refractivity contribution in [3.63, 3.8) is 0 Å². The zero-order chi connectivity index (χ0) is 18.1. The highest BCUT2D eigenvalue weighted by molar-refractivity contribution is 5.86. The summed E-state index contributed by atoms with van der Waals surface area (Å²) < 4.78 is 0. The summed E-state index contributed by atoms with van der Waals surface area (Å²) in [5, 5.41) is 6.64. The van der Waals surface area contributed by atoms with Crippen molar-refractivity contribution in [2.75, 3.05) is 0 Å². The normalized spacial score (nSPS) is 13.8. The van der Waals surface area contributed by atoms with Gasteiger partial charge in [-0.2, -0.15) is 0 Å². The Morgan fingerprint density at radius 1 is 0.846 bits per heavy atom.